The Hall–Kier alpha value is -4.00. The Morgan fingerprint density at radius 1 is 1.06 bits per heavy atom. The third-order valence-electron chi connectivity index (χ3n) is 5.25. The first-order chi connectivity index (χ1) is 15.6. The second kappa shape index (κ2) is 9.87. The molecular weight excluding hydrogens is 402 g/mol. The molecule has 2 aromatic carbocycles. The number of H-pyrrole nitrogens is 1. The predicted octanol–water partition coefficient (Wildman–Crippen LogP) is 4.82. The number of hydrogen-bond acceptors (Lipinski definition) is 4. The van der Waals surface area contributed by atoms with Gasteiger partial charge in [0.2, 0.25) is 5.95 Å². The van der Waals surface area contributed by atoms with E-state index in [1.54, 1.807) is 18.5 Å². The highest BCUT2D eigenvalue weighted by Crippen LogP contribution is 2.21. The number of nitrogens with one attached hydrogen (secondary N) is 2. The highest BCUT2D eigenvalue weighted by molar-refractivity contribution is 6.04. The molecule has 7 heteroatoms. The average molecular weight is 428 g/mol. The number of rotatable bonds is 9. The van der Waals surface area contributed by atoms with E-state index < -0.39 is 0 Å². The van der Waals surface area contributed by atoms with Gasteiger partial charge in [0.15, 0.2) is 0 Å². The zero-order valence-corrected chi connectivity index (χ0v) is 17.9. The van der Waals surface area contributed by atoms with Gasteiger partial charge in [-0.3, -0.25) is 24.6 Å². The summed E-state index contributed by atoms with van der Waals surface area (Å²) in [6, 6.07) is 17.1. The zero-order chi connectivity index (χ0) is 22.3. The molecule has 2 aromatic heterocycles. The van der Waals surface area contributed by atoms with Gasteiger partial charge in [0.25, 0.3) is 5.91 Å². The standard InChI is InChI=1S/C25H25N5O2/c1-2-23(31)13-7-10-21-17-30(22-11-4-3-5-12-22)25(28-21)29-24(32)19-9-6-8-18(14-19)20-15-26-27-16-20/h3-6,8-9,11-12,14-17H,2,7,10,13H2,1H3,(H,26,27)(H,28,29,32). The Kier molecular flexibility index (Phi) is 6.55. The van der Waals surface area contributed by atoms with Gasteiger partial charge in [-0.05, 0) is 42.7 Å². The van der Waals surface area contributed by atoms with Crippen LogP contribution in [0.2, 0.25) is 0 Å². The molecule has 2 N–H and O–H groups in total. The topological polar surface area (TPSA) is 92.7 Å². The largest absolute Gasteiger partial charge is 0.300 e. The van der Waals surface area contributed by atoms with E-state index in [-0.39, 0.29) is 11.7 Å². The summed E-state index contributed by atoms with van der Waals surface area (Å²) in [5.74, 6) is 0.455. The second-order valence-corrected chi connectivity index (χ2v) is 7.53. The molecule has 4 rings (SSSR count). The zero-order valence-electron chi connectivity index (χ0n) is 17.9. The van der Waals surface area contributed by atoms with Crippen molar-refractivity contribution in [3.63, 3.8) is 0 Å². The summed E-state index contributed by atoms with van der Waals surface area (Å²) in [5, 5.41) is 9.71. The summed E-state index contributed by atoms with van der Waals surface area (Å²) in [7, 11) is 0. The maximum atomic E-state index is 13.0. The van der Waals surface area contributed by atoms with E-state index in [0.29, 0.717) is 30.8 Å². The van der Waals surface area contributed by atoms with E-state index in [1.165, 1.54) is 0 Å². The van der Waals surface area contributed by atoms with Crippen molar-refractivity contribution in [2.75, 3.05) is 5.32 Å². The molecule has 0 unspecified atom stereocenters. The van der Waals surface area contributed by atoms with Gasteiger partial charge < -0.3 is 0 Å². The highest BCUT2D eigenvalue weighted by atomic mass is 16.1. The molecule has 0 bridgehead atoms. The second-order valence-electron chi connectivity index (χ2n) is 7.53. The van der Waals surface area contributed by atoms with Gasteiger partial charge in [-0.25, -0.2) is 4.98 Å². The number of Topliss-reactive ketones (excluding diaryl/α,β-unsaturated/α-hetero) is 1. The third kappa shape index (κ3) is 5.00. The lowest BCUT2D eigenvalue weighted by atomic mass is 10.1. The summed E-state index contributed by atoms with van der Waals surface area (Å²) in [5.41, 5.74) is 4.08. The van der Waals surface area contributed by atoms with Gasteiger partial charge in [0.1, 0.15) is 5.78 Å². The molecule has 0 fully saturated rings. The molecule has 0 atom stereocenters. The van der Waals surface area contributed by atoms with Crippen molar-refractivity contribution in [2.45, 2.75) is 32.6 Å². The lowest BCUT2D eigenvalue weighted by Gasteiger charge is -2.09. The average Bonchev–Trinajstić information content (AvgIpc) is 3.50. The van der Waals surface area contributed by atoms with Crippen molar-refractivity contribution in [3.05, 3.63) is 84.4 Å². The molecule has 0 saturated heterocycles. The number of para-hydroxylation sites is 1. The number of amides is 1. The Labute approximate surface area is 186 Å². The van der Waals surface area contributed by atoms with Crippen molar-refractivity contribution >= 4 is 17.6 Å². The minimum absolute atomic E-state index is 0.245. The number of nitrogens with zero attached hydrogens (tertiary/aromatic N) is 3. The lowest BCUT2D eigenvalue weighted by molar-refractivity contribution is -0.118. The molecule has 2 heterocycles. The van der Waals surface area contributed by atoms with Crippen molar-refractivity contribution in [3.8, 4) is 16.8 Å². The normalized spacial score (nSPS) is 10.8. The Balaban J connectivity index is 1.57. The molecule has 4 aromatic rings. The Morgan fingerprint density at radius 2 is 1.91 bits per heavy atom. The molecule has 1 amide bonds. The van der Waals surface area contributed by atoms with Crippen molar-refractivity contribution in [2.24, 2.45) is 0 Å². The molecular formula is C25H25N5O2. The summed E-state index contributed by atoms with van der Waals surface area (Å²) in [4.78, 5) is 29.3. The maximum Gasteiger partial charge on any atom is 0.258 e. The molecule has 0 saturated carbocycles. The van der Waals surface area contributed by atoms with Crippen LogP contribution in [0.15, 0.2) is 73.2 Å². The minimum Gasteiger partial charge on any atom is -0.300 e. The number of ketones is 1. The molecule has 32 heavy (non-hydrogen) atoms. The molecule has 0 aliphatic rings. The van der Waals surface area contributed by atoms with Gasteiger partial charge >= 0.3 is 0 Å². The summed E-state index contributed by atoms with van der Waals surface area (Å²) in [6.07, 6.45) is 7.92. The molecule has 162 valence electrons. The number of aryl methyl sites for hydroxylation is 1. The Morgan fingerprint density at radius 3 is 2.66 bits per heavy atom. The van der Waals surface area contributed by atoms with E-state index in [2.05, 4.69) is 20.5 Å². The quantitative estimate of drug-likeness (QED) is 0.401. The van der Waals surface area contributed by atoms with Crippen LogP contribution in [-0.4, -0.2) is 31.4 Å². The SMILES string of the molecule is CCC(=O)CCCc1cn(-c2ccccc2)c(NC(=O)c2cccc(-c3cn[nH]c3)c2)n1. The minimum atomic E-state index is -0.245. The number of benzene rings is 2. The molecule has 0 aliphatic heterocycles. The first-order valence-electron chi connectivity index (χ1n) is 10.7. The predicted molar refractivity (Wildman–Crippen MR) is 124 cm³/mol. The summed E-state index contributed by atoms with van der Waals surface area (Å²) >= 11 is 0. The fourth-order valence-corrected chi connectivity index (χ4v) is 3.49. The molecule has 0 aliphatic carbocycles. The third-order valence-corrected chi connectivity index (χ3v) is 5.25. The van der Waals surface area contributed by atoms with Crippen LogP contribution in [0.4, 0.5) is 5.95 Å². The highest BCUT2D eigenvalue weighted by Gasteiger charge is 2.15. The molecule has 0 spiro atoms. The monoisotopic (exact) mass is 427 g/mol. The van der Waals surface area contributed by atoms with Crippen molar-refractivity contribution in [1.29, 1.82) is 0 Å². The van der Waals surface area contributed by atoms with Crippen molar-refractivity contribution < 1.29 is 9.59 Å². The number of aromatic nitrogens is 4. The number of hydrogen-bond donors (Lipinski definition) is 2. The van der Waals surface area contributed by atoms with Crippen LogP contribution < -0.4 is 5.32 Å². The number of aromatic amines is 1. The summed E-state index contributed by atoms with van der Waals surface area (Å²) < 4.78 is 1.87. The smallest absolute Gasteiger partial charge is 0.258 e. The van der Waals surface area contributed by atoms with E-state index in [9.17, 15) is 9.59 Å². The number of carbonyl (C=O) groups is 2. The van der Waals surface area contributed by atoms with Crippen LogP contribution in [0.1, 0.15) is 42.2 Å². The summed E-state index contributed by atoms with van der Waals surface area (Å²) in [6.45, 7) is 1.88. The lowest BCUT2D eigenvalue weighted by Crippen LogP contribution is -2.15. The van der Waals surface area contributed by atoms with Crippen LogP contribution in [-0.2, 0) is 11.2 Å². The van der Waals surface area contributed by atoms with Crippen molar-refractivity contribution in [1.82, 2.24) is 19.7 Å². The van der Waals surface area contributed by atoms with E-state index >= 15 is 0 Å². The van der Waals surface area contributed by atoms with Crippen LogP contribution in [0.25, 0.3) is 16.8 Å². The number of imidazole rings is 1. The van der Waals surface area contributed by atoms with Crippen LogP contribution in [0, 0.1) is 0 Å². The van der Waals surface area contributed by atoms with E-state index in [0.717, 1.165) is 28.9 Å². The van der Waals surface area contributed by atoms with Crippen LogP contribution in [0.3, 0.4) is 0 Å². The van der Waals surface area contributed by atoms with Gasteiger partial charge in [-0.2, -0.15) is 5.10 Å². The maximum absolute atomic E-state index is 13.0. The van der Waals surface area contributed by atoms with Gasteiger partial charge in [-0.15, -0.1) is 0 Å². The molecule has 7 nitrogen and oxygen atoms in total. The number of carbonyl (C=O) groups excluding carboxylic acids is 2. The van der Waals surface area contributed by atoms with Gasteiger partial charge in [0, 0.05) is 42.0 Å². The first-order valence-corrected chi connectivity index (χ1v) is 10.7. The fraction of sp³-hybridized carbons (Fsp3) is 0.200. The number of anilines is 1. The van der Waals surface area contributed by atoms with Crippen LogP contribution in [0.5, 0.6) is 0 Å². The van der Waals surface area contributed by atoms with Gasteiger partial charge in [0.05, 0.1) is 11.9 Å². The van der Waals surface area contributed by atoms with Gasteiger partial charge in [-0.1, -0.05) is 37.3 Å². The van der Waals surface area contributed by atoms with E-state index in [4.69, 9.17) is 0 Å². The van der Waals surface area contributed by atoms with Crippen LogP contribution >= 0.6 is 0 Å². The molecule has 0 radical (unpaired) electrons. The Bertz CT molecular complexity index is 1200. The van der Waals surface area contributed by atoms with E-state index in [1.807, 2.05) is 66.2 Å². The fourth-order valence-electron chi connectivity index (χ4n) is 3.49. The first kappa shape index (κ1) is 21.2.